The predicted molar refractivity (Wildman–Crippen MR) is 104 cm³/mol. The van der Waals surface area contributed by atoms with E-state index < -0.39 is 0 Å². The lowest BCUT2D eigenvalue weighted by molar-refractivity contribution is -0.136. The summed E-state index contributed by atoms with van der Waals surface area (Å²) in [5.74, 6) is -0.175. The number of likely N-dealkylation sites (N-methyl/N-ethyl adjacent to an activating group) is 1. The molecule has 2 aromatic carbocycles. The lowest BCUT2D eigenvalue weighted by Gasteiger charge is -2.21. The van der Waals surface area contributed by atoms with E-state index in [9.17, 15) is 9.59 Å². The van der Waals surface area contributed by atoms with Crippen LogP contribution in [0.15, 0.2) is 42.5 Å². The SMILES string of the molecule is CCN(CC(=O)Nc1cc(Cl)ccc1C)C(=O)COc1ccccc1Cl. The summed E-state index contributed by atoms with van der Waals surface area (Å²) in [5, 5.41) is 3.73. The fourth-order valence-corrected chi connectivity index (χ4v) is 2.62. The molecule has 0 bridgehead atoms. The Morgan fingerprint density at radius 1 is 1.15 bits per heavy atom. The van der Waals surface area contributed by atoms with Crippen LogP contribution in [0.25, 0.3) is 0 Å². The predicted octanol–water partition coefficient (Wildman–Crippen LogP) is 4.17. The minimum atomic E-state index is -0.302. The summed E-state index contributed by atoms with van der Waals surface area (Å²) in [7, 11) is 0. The molecule has 0 aromatic heterocycles. The summed E-state index contributed by atoms with van der Waals surface area (Å²) in [5.41, 5.74) is 1.51. The molecule has 2 aromatic rings. The molecule has 0 saturated carbocycles. The number of amides is 2. The van der Waals surface area contributed by atoms with Gasteiger partial charge in [-0.05, 0) is 43.7 Å². The second-order valence-corrected chi connectivity index (χ2v) is 6.48. The number of halogens is 2. The van der Waals surface area contributed by atoms with Crippen molar-refractivity contribution in [1.82, 2.24) is 4.90 Å². The third-order valence-corrected chi connectivity index (χ3v) is 4.28. The normalized spacial score (nSPS) is 10.3. The van der Waals surface area contributed by atoms with Crippen molar-refractivity contribution in [3.63, 3.8) is 0 Å². The van der Waals surface area contributed by atoms with Gasteiger partial charge in [0.15, 0.2) is 6.61 Å². The average Bonchev–Trinajstić information content (AvgIpc) is 2.61. The molecule has 0 aliphatic heterocycles. The van der Waals surface area contributed by atoms with E-state index >= 15 is 0 Å². The number of nitrogens with zero attached hydrogens (tertiary/aromatic N) is 1. The minimum absolute atomic E-state index is 0.0762. The highest BCUT2D eigenvalue weighted by Crippen LogP contribution is 2.23. The van der Waals surface area contributed by atoms with Crippen molar-refractivity contribution >= 4 is 40.7 Å². The quantitative estimate of drug-likeness (QED) is 0.766. The topological polar surface area (TPSA) is 58.6 Å². The number of hydrogen-bond acceptors (Lipinski definition) is 3. The standard InChI is InChI=1S/C19H20Cl2N2O3/c1-3-23(19(25)12-26-17-7-5-4-6-15(17)21)11-18(24)22-16-10-14(20)9-8-13(16)2/h4-10H,3,11-12H2,1-2H3,(H,22,24). The summed E-state index contributed by atoms with van der Waals surface area (Å²) in [6.07, 6.45) is 0. The highest BCUT2D eigenvalue weighted by molar-refractivity contribution is 6.32. The molecule has 7 heteroatoms. The molecule has 138 valence electrons. The molecular weight excluding hydrogens is 375 g/mol. The van der Waals surface area contributed by atoms with Gasteiger partial charge in [-0.3, -0.25) is 9.59 Å². The zero-order valence-corrected chi connectivity index (χ0v) is 16.1. The molecule has 0 aliphatic carbocycles. The fourth-order valence-electron chi connectivity index (χ4n) is 2.26. The Kier molecular flexibility index (Phi) is 7.30. The zero-order chi connectivity index (χ0) is 19.1. The summed E-state index contributed by atoms with van der Waals surface area (Å²) in [6, 6.07) is 12.1. The van der Waals surface area contributed by atoms with E-state index in [1.807, 2.05) is 13.0 Å². The lowest BCUT2D eigenvalue weighted by atomic mass is 10.2. The molecule has 5 nitrogen and oxygen atoms in total. The van der Waals surface area contributed by atoms with Gasteiger partial charge in [0.25, 0.3) is 5.91 Å². The van der Waals surface area contributed by atoms with Crippen molar-refractivity contribution in [2.45, 2.75) is 13.8 Å². The third-order valence-electron chi connectivity index (χ3n) is 3.73. The minimum Gasteiger partial charge on any atom is -0.482 e. The van der Waals surface area contributed by atoms with Crippen molar-refractivity contribution in [2.24, 2.45) is 0 Å². The molecule has 0 saturated heterocycles. The van der Waals surface area contributed by atoms with Crippen LogP contribution < -0.4 is 10.1 Å². The summed E-state index contributed by atoms with van der Waals surface area (Å²) in [4.78, 5) is 26.0. The number of aryl methyl sites for hydroxylation is 1. The Labute approximate surface area is 162 Å². The smallest absolute Gasteiger partial charge is 0.260 e. The highest BCUT2D eigenvalue weighted by Gasteiger charge is 2.17. The number of hydrogen-bond donors (Lipinski definition) is 1. The third kappa shape index (κ3) is 5.64. The second kappa shape index (κ2) is 9.46. The van der Waals surface area contributed by atoms with Crippen LogP contribution in [0.1, 0.15) is 12.5 Å². The molecule has 0 aliphatic rings. The van der Waals surface area contributed by atoms with Crippen LogP contribution >= 0.6 is 23.2 Å². The second-order valence-electron chi connectivity index (χ2n) is 5.63. The molecule has 0 atom stereocenters. The average molecular weight is 395 g/mol. The molecule has 0 spiro atoms. The van der Waals surface area contributed by atoms with E-state index in [0.717, 1.165) is 5.56 Å². The van der Waals surface area contributed by atoms with Gasteiger partial charge in [-0.25, -0.2) is 0 Å². The number of carbonyl (C=O) groups is 2. The van der Waals surface area contributed by atoms with E-state index in [0.29, 0.717) is 28.0 Å². The Balaban J connectivity index is 1.93. The van der Waals surface area contributed by atoms with Crippen LogP contribution in [0.5, 0.6) is 5.75 Å². The van der Waals surface area contributed by atoms with Crippen molar-refractivity contribution in [3.05, 3.63) is 58.1 Å². The summed E-state index contributed by atoms with van der Waals surface area (Å²) < 4.78 is 5.44. The molecule has 1 N–H and O–H groups in total. The van der Waals surface area contributed by atoms with Crippen LogP contribution in [0.3, 0.4) is 0 Å². The van der Waals surface area contributed by atoms with Crippen LogP contribution in [0, 0.1) is 6.92 Å². The Morgan fingerprint density at radius 3 is 2.58 bits per heavy atom. The Hall–Kier alpha value is -2.24. The van der Waals surface area contributed by atoms with Gasteiger partial charge in [-0.2, -0.15) is 0 Å². The molecular formula is C19H20Cl2N2O3. The van der Waals surface area contributed by atoms with Gasteiger partial charge >= 0.3 is 0 Å². The number of rotatable bonds is 7. The molecule has 2 rings (SSSR count). The number of para-hydroxylation sites is 1. The maximum Gasteiger partial charge on any atom is 0.260 e. The number of ether oxygens (including phenoxy) is 1. The Morgan fingerprint density at radius 2 is 1.88 bits per heavy atom. The van der Waals surface area contributed by atoms with Crippen LogP contribution in [-0.4, -0.2) is 36.4 Å². The zero-order valence-electron chi connectivity index (χ0n) is 14.6. The number of benzene rings is 2. The summed E-state index contributed by atoms with van der Waals surface area (Å²) in [6.45, 7) is 3.78. The van der Waals surface area contributed by atoms with E-state index in [-0.39, 0.29) is 25.0 Å². The van der Waals surface area contributed by atoms with E-state index in [2.05, 4.69) is 5.32 Å². The first-order valence-corrected chi connectivity index (χ1v) is 8.87. The fraction of sp³-hybridized carbons (Fsp3) is 0.263. The van der Waals surface area contributed by atoms with Crippen molar-refractivity contribution in [2.75, 3.05) is 25.0 Å². The van der Waals surface area contributed by atoms with Gasteiger partial charge in [0, 0.05) is 17.3 Å². The maximum absolute atomic E-state index is 12.3. The monoisotopic (exact) mass is 394 g/mol. The van der Waals surface area contributed by atoms with Gasteiger partial charge in [0.2, 0.25) is 5.91 Å². The van der Waals surface area contributed by atoms with E-state index in [1.54, 1.807) is 43.3 Å². The van der Waals surface area contributed by atoms with Gasteiger partial charge in [0.1, 0.15) is 5.75 Å². The number of anilines is 1. The molecule has 2 amide bonds. The first-order chi connectivity index (χ1) is 12.4. The first kappa shape index (κ1) is 20.1. The number of nitrogens with one attached hydrogen (secondary N) is 1. The van der Waals surface area contributed by atoms with Crippen molar-refractivity contribution in [1.29, 1.82) is 0 Å². The molecule has 26 heavy (non-hydrogen) atoms. The highest BCUT2D eigenvalue weighted by atomic mass is 35.5. The van der Waals surface area contributed by atoms with Crippen molar-refractivity contribution < 1.29 is 14.3 Å². The Bertz CT molecular complexity index is 796. The van der Waals surface area contributed by atoms with Crippen LogP contribution in [0.2, 0.25) is 10.0 Å². The number of carbonyl (C=O) groups excluding carboxylic acids is 2. The van der Waals surface area contributed by atoms with Crippen LogP contribution in [-0.2, 0) is 9.59 Å². The van der Waals surface area contributed by atoms with Crippen LogP contribution in [0.4, 0.5) is 5.69 Å². The van der Waals surface area contributed by atoms with E-state index in [4.69, 9.17) is 27.9 Å². The van der Waals surface area contributed by atoms with Gasteiger partial charge in [0.05, 0.1) is 11.6 Å². The maximum atomic E-state index is 12.3. The molecule has 0 fully saturated rings. The van der Waals surface area contributed by atoms with Gasteiger partial charge < -0.3 is 15.0 Å². The van der Waals surface area contributed by atoms with Crippen molar-refractivity contribution in [3.8, 4) is 5.75 Å². The first-order valence-electron chi connectivity index (χ1n) is 8.11. The molecule has 0 radical (unpaired) electrons. The lowest BCUT2D eigenvalue weighted by Crippen LogP contribution is -2.40. The molecule has 0 heterocycles. The molecule has 0 unspecified atom stereocenters. The summed E-state index contributed by atoms with van der Waals surface area (Å²) >= 11 is 12.0. The van der Waals surface area contributed by atoms with E-state index in [1.165, 1.54) is 4.90 Å². The largest absolute Gasteiger partial charge is 0.482 e. The van der Waals surface area contributed by atoms with Gasteiger partial charge in [-0.1, -0.05) is 41.4 Å². The van der Waals surface area contributed by atoms with Gasteiger partial charge in [-0.15, -0.1) is 0 Å².